The molecule has 0 aromatic heterocycles. The first-order valence-electron chi connectivity index (χ1n) is 10.4. The van der Waals surface area contributed by atoms with Gasteiger partial charge in [0.2, 0.25) is 11.8 Å². The molecule has 2 aliphatic rings. The van der Waals surface area contributed by atoms with Crippen LogP contribution in [0.4, 0.5) is 0 Å². The van der Waals surface area contributed by atoms with Crippen molar-refractivity contribution in [1.29, 1.82) is 0 Å². The summed E-state index contributed by atoms with van der Waals surface area (Å²) in [5.74, 6) is 0.348. The molecule has 1 unspecified atom stereocenters. The predicted octanol–water partition coefficient (Wildman–Crippen LogP) is 3.66. The number of carbonyl (C=O) groups is 2. The molecule has 2 aromatic rings. The standard InChI is InChI=1S/C24H28N2O2/c27-23-14-11-21(18-26(23)22-12-13-22)24(28)25(17-20-9-5-2-6-10-20)16-15-19-7-3-1-4-8-19/h1-10,21-22H,11-18H2. The summed E-state index contributed by atoms with van der Waals surface area (Å²) >= 11 is 0. The van der Waals surface area contributed by atoms with Crippen LogP contribution in [-0.2, 0) is 22.6 Å². The molecule has 0 spiro atoms. The molecule has 4 rings (SSSR count). The van der Waals surface area contributed by atoms with Crippen molar-refractivity contribution in [3.8, 4) is 0 Å². The number of piperidine rings is 1. The van der Waals surface area contributed by atoms with E-state index < -0.39 is 0 Å². The van der Waals surface area contributed by atoms with Gasteiger partial charge >= 0.3 is 0 Å². The van der Waals surface area contributed by atoms with Crippen LogP contribution in [-0.4, -0.2) is 40.7 Å². The molecule has 1 saturated carbocycles. The minimum absolute atomic E-state index is 0.0715. The van der Waals surface area contributed by atoms with Crippen molar-refractivity contribution in [2.24, 2.45) is 5.92 Å². The molecule has 1 heterocycles. The Morgan fingerprint density at radius 3 is 2.21 bits per heavy atom. The lowest BCUT2D eigenvalue weighted by molar-refractivity contribution is -0.143. The molecule has 2 fully saturated rings. The Morgan fingerprint density at radius 1 is 0.929 bits per heavy atom. The van der Waals surface area contributed by atoms with Gasteiger partial charge in [-0.1, -0.05) is 60.7 Å². The molecule has 28 heavy (non-hydrogen) atoms. The van der Waals surface area contributed by atoms with E-state index in [1.54, 1.807) is 0 Å². The normalized spacial score (nSPS) is 19.5. The van der Waals surface area contributed by atoms with Gasteiger partial charge < -0.3 is 9.80 Å². The molecular formula is C24H28N2O2. The highest BCUT2D eigenvalue weighted by Crippen LogP contribution is 2.32. The average molecular weight is 377 g/mol. The van der Waals surface area contributed by atoms with Gasteiger partial charge in [-0.05, 0) is 36.8 Å². The van der Waals surface area contributed by atoms with Crippen LogP contribution in [0.25, 0.3) is 0 Å². The second-order valence-corrected chi connectivity index (χ2v) is 7.99. The van der Waals surface area contributed by atoms with Crippen molar-refractivity contribution >= 4 is 11.8 Å². The minimum Gasteiger partial charge on any atom is -0.339 e. The summed E-state index contributed by atoms with van der Waals surface area (Å²) in [6, 6.07) is 20.9. The number of nitrogens with zero attached hydrogens (tertiary/aromatic N) is 2. The van der Waals surface area contributed by atoms with E-state index >= 15 is 0 Å². The van der Waals surface area contributed by atoms with Gasteiger partial charge in [0.05, 0.1) is 5.92 Å². The Kier molecular flexibility index (Phi) is 5.75. The zero-order valence-corrected chi connectivity index (χ0v) is 16.3. The quantitative estimate of drug-likeness (QED) is 0.740. The lowest BCUT2D eigenvalue weighted by Gasteiger charge is -2.35. The van der Waals surface area contributed by atoms with E-state index in [1.807, 2.05) is 46.2 Å². The fraction of sp³-hybridized carbons (Fsp3) is 0.417. The van der Waals surface area contributed by atoms with Crippen LogP contribution >= 0.6 is 0 Å². The van der Waals surface area contributed by atoms with Crippen molar-refractivity contribution in [3.05, 3.63) is 71.8 Å². The molecule has 1 aliphatic heterocycles. The Morgan fingerprint density at radius 2 is 1.57 bits per heavy atom. The fourth-order valence-electron chi connectivity index (χ4n) is 4.05. The molecule has 4 heteroatoms. The third-order valence-electron chi connectivity index (χ3n) is 5.82. The second-order valence-electron chi connectivity index (χ2n) is 7.99. The van der Waals surface area contributed by atoms with E-state index in [-0.39, 0.29) is 17.7 Å². The Hall–Kier alpha value is -2.62. The first-order chi connectivity index (χ1) is 13.7. The number of hydrogen-bond donors (Lipinski definition) is 0. The number of amides is 2. The van der Waals surface area contributed by atoms with Gasteiger partial charge in [-0.2, -0.15) is 0 Å². The monoisotopic (exact) mass is 376 g/mol. The molecule has 1 atom stereocenters. The van der Waals surface area contributed by atoms with E-state index in [2.05, 4.69) is 24.3 Å². The lowest BCUT2D eigenvalue weighted by Crippen LogP contribution is -2.48. The van der Waals surface area contributed by atoms with Crippen LogP contribution in [0.2, 0.25) is 0 Å². The Labute approximate surface area is 167 Å². The van der Waals surface area contributed by atoms with Gasteiger partial charge in [0.25, 0.3) is 0 Å². The number of likely N-dealkylation sites (tertiary alicyclic amines) is 1. The molecule has 2 amide bonds. The van der Waals surface area contributed by atoms with E-state index in [1.165, 1.54) is 5.56 Å². The molecule has 1 aliphatic carbocycles. The lowest BCUT2D eigenvalue weighted by atomic mass is 9.95. The summed E-state index contributed by atoms with van der Waals surface area (Å²) in [5, 5.41) is 0. The predicted molar refractivity (Wildman–Crippen MR) is 109 cm³/mol. The smallest absolute Gasteiger partial charge is 0.227 e. The van der Waals surface area contributed by atoms with Crippen molar-refractivity contribution in [1.82, 2.24) is 9.80 Å². The molecule has 0 N–H and O–H groups in total. The molecule has 146 valence electrons. The molecule has 0 radical (unpaired) electrons. The van der Waals surface area contributed by atoms with Gasteiger partial charge in [0, 0.05) is 32.1 Å². The first-order valence-corrected chi connectivity index (χ1v) is 10.4. The highest BCUT2D eigenvalue weighted by Gasteiger charge is 2.39. The highest BCUT2D eigenvalue weighted by atomic mass is 16.2. The van der Waals surface area contributed by atoms with Crippen molar-refractivity contribution in [2.75, 3.05) is 13.1 Å². The summed E-state index contributed by atoms with van der Waals surface area (Å²) in [6.07, 6.45) is 4.21. The van der Waals surface area contributed by atoms with Crippen molar-refractivity contribution in [3.63, 3.8) is 0 Å². The molecule has 1 saturated heterocycles. The number of rotatable bonds is 7. The van der Waals surface area contributed by atoms with Gasteiger partial charge in [-0.3, -0.25) is 9.59 Å². The van der Waals surface area contributed by atoms with Crippen LogP contribution in [0.15, 0.2) is 60.7 Å². The molecular weight excluding hydrogens is 348 g/mol. The first kappa shape index (κ1) is 18.7. The maximum absolute atomic E-state index is 13.4. The van der Waals surface area contributed by atoms with E-state index in [4.69, 9.17) is 0 Å². The topological polar surface area (TPSA) is 40.6 Å². The fourth-order valence-corrected chi connectivity index (χ4v) is 4.05. The van der Waals surface area contributed by atoms with Crippen LogP contribution in [0.1, 0.15) is 36.8 Å². The van der Waals surface area contributed by atoms with Crippen LogP contribution < -0.4 is 0 Å². The third kappa shape index (κ3) is 4.61. The summed E-state index contributed by atoms with van der Waals surface area (Å²) in [4.78, 5) is 29.6. The van der Waals surface area contributed by atoms with Crippen molar-refractivity contribution in [2.45, 2.75) is 44.7 Å². The Balaban J connectivity index is 1.46. The highest BCUT2D eigenvalue weighted by molar-refractivity contribution is 5.84. The Bertz CT molecular complexity index is 802. The SMILES string of the molecule is O=C(C1CCC(=O)N(C2CC2)C1)N(CCc1ccccc1)Cc1ccccc1. The average Bonchev–Trinajstić information content (AvgIpc) is 3.58. The number of benzene rings is 2. The summed E-state index contributed by atoms with van der Waals surface area (Å²) < 4.78 is 0. The van der Waals surface area contributed by atoms with Gasteiger partial charge in [-0.15, -0.1) is 0 Å². The summed E-state index contributed by atoms with van der Waals surface area (Å²) in [6.45, 7) is 1.92. The molecule has 0 bridgehead atoms. The second kappa shape index (κ2) is 8.59. The largest absolute Gasteiger partial charge is 0.339 e. The third-order valence-corrected chi connectivity index (χ3v) is 5.82. The van der Waals surface area contributed by atoms with E-state index in [0.717, 1.165) is 24.8 Å². The van der Waals surface area contributed by atoms with Crippen LogP contribution in [0.5, 0.6) is 0 Å². The van der Waals surface area contributed by atoms with Crippen LogP contribution in [0, 0.1) is 5.92 Å². The van der Waals surface area contributed by atoms with Crippen LogP contribution in [0.3, 0.4) is 0 Å². The van der Waals surface area contributed by atoms with Gasteiger partial charge in [-0.25, -0.2) is 0 Å². The van der Waals surface area contributed by atoms with E-state index in [9.17, 15) is 9.59 Å². The summed E-state index contributed by atoms with van der Waals surface area (Å²) in [7, 11) is 0. The maximum Gasteiger partial charge on any atom is 0.227 e. The molecule has 2 aromatic carbocycles. The maximum atomic E-state index is 13.4. The minimum atomic E-state index is -0.0715. The van der Waals surface area contributed by atoms with E-state index in [0.29, 0.717) is 38.5 Å². The number of hydrogen-bond acceptors (Lipinski definition) is 2. The molecule has 4 nitrogen and oxygen atoms in total. The number of carbonyl (C=O) groups excluding carboxylic acids is 2. The van der Waals surface area contributed by atoms with Gasteiger partial charge in [0.1, 0.15) is 0 Å². The van der Waals surface area contributed by atoms with Crippen molar-refractivity contribution < 1.29 is 9.59 Å². The zero-order valence-electron chi connectivity index (χ0n) is 16.3. The van der Waals surface area contributed by atoms with Gasteiger partial charge in [0.15, 0.2) is 0 Å². The summed E-state index contributed by atoms with van der Waals surface area (Å²) in [5.41, 5.74) is 2.39. The zero-order chi connectivity index (χ0) is 19.3.